The molecule has 0 radical (unpaired) electrons. The van der Waals surface area contributed by atoms with Gasteiger partial charge in [0.15, 0.2) is 0 Å². The Hall–Kier alpha value is -2.63. The molecule has 0 saturated carbocycles. The topological polar surface area (TPSA) is 66.9 Å². The third kappa shape index (κ3) is 4.94. The summed E-state index contributed by atoms with van der Waals surface area (Å²) in [4.78, 5) is 20.4. The molecule has 0 unspecified atom stereocenters. The van der Waals surface area contributed by atoms with Crippen molar-refractivity contribution in [2.75, 3.05) is 17.2 Å². The first kappa shape index (κ1) is 18.2. The van der Waals surface area contributed by atoms with E-state index in [4.69, 9.17) is 23.2 Å². The highest BCUT2D eigenvalue weighted by atomic mass is 35.5. The number of amides is 1. The minimum atomic E-state index is -0.289. The number of anilines is 2. The molecule has 7 heteroatoms. The summed E-state index contributed by atoms with van der Waals surface area (Å²) in [6, 6.07) is 16.2. The zero-order valence-electron chi connectivity index (χ0n) is 13.7. The van der Waals surface area contributed by atoms with Crippen molar-refractivity contribution < 1.29 is 4.79 Å². The van der Waals surface area contributed by atoms with E-state index in [9.17, 15) is 4.79 Å². The average Bonchev–Trinajstić information content (AvgIpc) is 2.64. The fourth-order valence-corrected chi connectivity index (χ4v) is 2.85. The number of carbonyl (C=O) groups excluding carboxylic acids is 1. The zero-order valence-corrected chi connectivity index (χ0v) is 15.3. The maximum Gasteiger partial charge on any atom is 0.274 e. The molecule has 132 valence electrons. The van der Waals surface area contributed by atoms with E-state index < -0.39 is 0 Å². The Labute approximate surface area is 161 Å². The van der Waals surface area contributed by atoms with Gasteiger partial charge in [-0.1, -0.05) is 47.5 Å². The molecule has 0 fully saturated rings. The van der Waals surface area contributed by atoms with Gasteiger partial charge in [-0.25, -0.2) is 9.97 Å². The van der Waals surface area contributed by atoms with Crippen LogP contribution in [0.4, 0.5) is 11.5 Å². The molecule has 0 aliphatic carbocycles. The van der Waals surface area contributed by atoms with Gasteiger partial charge >= 0.3 is 0 Å². The number of carbonyl (C=O) groups is 1. The molecule has 26 heavy (non-hydrogen) atoms. The Kier molecular flexibility index (Phi) is 6.04. The highest BCUT2D eigenvalue weighted by Gasteiger charge is 2.09. The number of halogens is 2. The lowest BCUT2D eigenvalue weighted by Gasteiger charge is -2.09. The Morgan fingerprint density at radius 2 is 1.81 bits per heavy atom. The zero-order chi connectivity index (χ0) is 18.4. The van der Waals surface area contributed by atoms with E-state index in [0.29, 0.717) is 34.5 Å². The molecule has 1 aromatic heterocycles. The van der Waals surface area contributed by atoms with Crippen LogP contribution in [0.3, 0.4) is 0 Å². The Morgan fingerprint density at radius 1 is 1.00 bits per heavy atom. The monoisotopic (exact) mass is 386 g/mol. The lowest BCUT2D eigenvalue weighted by atomic mass is 10.1. The smallest absolute Gasteiger partial charge is 0.274 e. The average molecular weight is 387 g/mol. The van der Waals surface area contributed by atoms with Crippen molar-refractivity contribution in [3.8, 4) is 0 Å². The van der Waals surface area contributed by atoms with E-state index in [-0.39, 0.29) is 11.6 Å². The summed E-state index contributed by atoms with van der Waals surface area (Å²) in [6.07, 6.45) is 2.06. The van der Waals surface area contributed by atoms with Gasteiger partial charge in [0.05, 0.1) is 0 Å². The van der Waals surface area contributed by atoms with Gasteiger partial charge in [0.25, 0.3) is 5.91 Å². The van der Waals surface area contributed by atoms with Crippen LogP contribution in [-0.4, -0.2) is 22.4 Å². The number of nitrogens with one attached hydrogen (secondary N) is 2. The second kappa shape index (κ2) is 8.65. The van der Waals surface area contributed by atoms with Crippen LogP contribution in [0.2, 0.25) is 10.0 Å². The first-order valence-corrected chi connectivity index (χ1v) is 8.73. The number of benzene rings is 2. The number of rotatable bonds is 6. The molecular formula is C19H16Cl2N4O. The van der Waals surface area contributed by atoms with Crippen LogP contribution in [-0.2, 0) is 6.42 Å². The molecule has 0 aliphatic rings. The van der Waals surface area contributed by atoms with Gasteiger partial charge in [-0.3, -0.25) is 4.79 Å². The molecule has 3 rings (SSSR count). The summed E-state index contributed by atoms with van der Waals surface area (Å²) in [5, 5.41) is 7.20. The van der Waals surface area contributed by atoms with E-state index in [1.54, 1.807) is 18.2 Å². The summed E-state index contributed by atoms with van der Waals surface area (Å²) in [7, 11) is 0. The molecule has 0 atom stereocenters. The molecule has 0 bridgehead atoms. The number of nitrogens with zero attached hydrogens (tertiary/aromatic N) is 2. The highest BCUT2D eigenvalue weighted by molar-refractivity contribution is 6.35. The van der Waals surface area contributed by atoms with Crippen LogP contribution >= 0.6 is 23.2 Å². The Morgan fingerprint density at radius 3 is 2.58 bits per heavy atom. The molecule has 3 aromatic rings. The van der Waals surface area contributed by atoms with Crippen molar-refractivity contribution in [2.45, 2.75) is 6.42 Å². The van der Waals surface area contributed by atoms with Crippen LogP contribution in [0.1, 0.15) is 16.1 Å². The normalized spacial score (nSPS) is 10.4. The molecule has 0 saturated heterocycles. The largest absolute Gasteiger partial charge is 0.370 e. The van der Waals surface area contributed by atoms with Gasteiger partial charge in [-0.05, 0) is 36.2 Å². The second-order valence-electron chi connectivity index (χ2n) is 5.52. The predicted molar refractivity (Wildman–Crippen MR) is 105 cm³/mol. The lowest BCUT2D eigenvalue weighted by Crippen LogP contribution is -2.15. The van der Waals surface area contributed by atoms with Gasteiger partial charge in [0, 0.05) is 28.3 Å². The highest BCUT2D eigenvalue weighted by Crippen LogP contribution is 2.21. The maximum atomic E-state index is 12.3. The second-order valence-corrected chi connectivity index (χ2v) is 6.36. The summed E-state index contributed by atoms with van der Waals surface area (Å²) >= 11 is 12.1. The molecule has 1 amide bonds. The van der Waals surface area contributed by atoms with Crippen LogP contribution in [0, 0.1) is 0 Å². The van der Waals surface area contributed by atoms with Crippen molar-refractivity contribution in [1.29, 1.82) is 0 Å². The van der Waals surface area contributed by atoms with Crippen molar-refractivity contribution >= 4 is 40.6 Å². The number of aromatic nitrogens is 2. The summed E-state index contributed by atoms with van der Waals surface area (Å²) in [6.45, 7) is 0.609. The van der Waals surface area contributed by atoms with Crippen molar-refractivity contribution in [3.05, 3.63) is 82.2 Å². The van der Waals surface area contributed by atoms with Crippen molar-refractivity contribution in [3.63, 3.8) is 0 Å². The number of para-hydroxylation sites is 1. The third-order valence-corrected chi connectivity index (χ3v) is 4.23. The van der Waals surface area contributed by atoms with Crippen LogP contribution in [0.15, 0.2) is 60.9 Å². The molecule has 5 nitrogen and oxygen atoms in total. The fourth-order valence-electron chi connectivity index (χ4n) is 2.34. The molecule has 2 aromatic carbocycles. The van der Waals surface area contributed by atoms with Crippen LogP contribution < -0.4 is 10.6 Å². The minimum Gasteiger partial charge on any atom is -0.370 e. The standard InChI is InChI=1S/C19H16Cl2N4O/c20-14-7-6-13(16(21)10-14)8-9-22-18-11-17(23-12-24-18)19(26)25-15-4-2-1-3-5-15/h1-7,10-12H,8-9H2,(H,25,26)(H,22,23,24). The molecular weight excluding hydrogens is 371 g/mol. The van der Waals surface area contributed by atoms with Crippen LogP contribution in [0.25, 0.3) is 0 Å². The van der Waals surface area contributed by atoms with Gasteiger partial charge in [-0.15, -0.1) is 0 Å². The van der Waals surface area contributed by atoms with E-state index >= 15 is 0 Å². The molecule has 0 aliphatic heterocycles. The van der Waals surface area contributed by atoms with Gasteiger partial charge < -0.3 is 10.6 Å². The first-order chi connectivity index (χ1) is 12.6. The fraction of sp³-hybridized carbons (Fsp3) is 0.105. The minimum absolute atomic E-state index is 0.288. The predicted octanol–water partition coefficient (Wildman–Crippen LogP) is 4.69. The summed E-state index contributed by atoms with van der Waals surface area (Å²) in [5.41, 5.74) is 1.98. The SMILES string of the molecule is O=C(Nc1ccccc1)c1cc(NCCc2ccc(Cl)cc2Cl)ncn1. The Balaban J connectivity index is 1.59. The van der Waals surface area contributed by atoms with E-state index in [1.165, 1.54) is 6.33 Å². The molecule has 1 heterocycles. The number of hydrogen-bond acceptors (Lipinski definition) is 4. The Bertz CT molecular complexity index is 903. The molecule has 0 spiro atoms. The number of hydrogen-bond donors (Lipinski definition) is 2. The lowest BCUT2D eigenvalue weighted by molar-refractivity contribution is 0.102. The quantitative estimate of drug-likeness (QED) is 0.644. The third-order valence-electron chi connectivity index (χ3n) is 3.65. The van der Waals surface area contributed by atoms with Gasteiger partial charge in [0.1, 0.15) is 17.8 Å². The van der Waals surface area contributed by atoms with E-state index in [2.05, 4.69) is 20.6 Å². The van der Waals surface area contributed by atoms with Gasteiger partial charge in [-0.2, -0.15) is 0 Å². The van der Waals surface area contributed by atoms with Crippen molar-refractivity contribution in [2.24, 2.45) is 0 Å². The first-order valence-electron chi connectivity index (χ1n) is 7.98. The molecule has 2 N–H and O–H groups in total. The van der Waals surface area contributed by atoms with Gasteiger partial charge in [0.2, 0.25) is 0 Å². The van der Waals surface area contributed by atoms with E-state index in [1.807, 2.05) is 36.4 Å². The van der Waals surface area contributed by atoms with E-state index in [0.717, 1.165) is 5.56 Å². The maximum absolute atomic E-state index is 12.3. The van der Waals surface area contributed by atoms with Crippen molar-refractivity contribution in [1.82, 2.24) is 9.97 Å². The van der Waals surface area contributed by atoms with Crippen LogP contribution in [0.5, 0.6) is 0 Å². The summed E-state index contributed by atoms with van der Waals surface area (Å²) < 4.78 is 0. The summed E-state index contributed by atoms with van der Waals surface area (Å²) in [5.74, 6) is 0.283.